The third-order valence-electron chi connectivity index (χ3n) is 3.82. The second kappa shape index (κ2) is 9.14. The summed E-state index contributed by atoms with van der Waals surface area (Å²) in [7, 11) is 0. The predicted molar refractivity (Wildman–Crippen MR) is 91.2 cm³/mol. The Bertz CT molecular complexity index is 611. The summed E-state index contributed by atoms with van der Waals surface area (Å²) in [5.74, 6) is -1.57. The highest BCUT2D eigenvalue weighted by atomic mass is 16.7. The smallest absolute Gasteiger partial charge is 0.305 e. The molecule has 0 aliphatic carbocycles. The van der Waals surface area contributed by atoms with Gasteiger partial charge >= 0.3 is 5.97 Å². The Kier molecular flexibility index (Phi) is 6.91. The quantitative estimate of drug-likeness (QED) is 0.632. The van der Waals surface area contributed by atoms with Gasteiger partial charge in [-0.15, -0.1) is 0 Å². The number of hydroxylamine groups is 1. The van der Waals surface area contributed by atoms with Crippen LogP contribution in [0.3, 0.4) is 0 Å². The number of rotatable bonds is 7. The fourth-order valence-corrected chi connectivity index (χ4v) is 2.50. The van der Waals surface area contributed by atoms with Crippen molar-refractivity contribution < 1.29 is 24.3 Å². The van der Waals surface area contributed by atoms with Crippen LogP contribution in [-0.2, 0) is 14.4 Å². The van der Waals surface area contributed by atoms with Crippen LogP contribution in [0.4, 0.5) is 5.69 Å². The number of hydrogen-bond donors (Lipinski definition) is 3. The van der Waals surface area contributed by atoms with Crippen LogP contribution in [0, 0.1) is 0 Å². The van der Waals surface area contributed by atoms with E-state index in [4.69, 9.17) is 9.94 Å². The Morgan fingerprint density at radius 3 is 2.44 bits per heavy atom. The van der Waals surface area contributed by atoms with Crippen molar-refractivity contribution in [2.45, 2.75) is 32.3 Å². The summed E-state index contributed by atoms with van der Waals surface area (Å²) in [5.41, 5.74) is 0.938. The molecule has 1 aliphatic heterocycles. The Morgan fingerprint density at radius 1 is 1.24 bits per heavy atom. The van der Waals surface area contributed by atoms with Crippen LogP contribution in [0.2, 0.25) is 0 Å². The van der Waals surface area contributed by atoms with Crippen molar-refractivity contribution in [3.8, 4) is 0 Å². The van der Waals surface area contributed by atoms with Crippen molar-refractivity contribution in [3.05, 3.63) is 29.8 Å². The summed E-state index contributed by atoms with van der Waals surface area (Å²) in [5, 5.41) is 15.6. The number of carboxylic acids is 1. The van der Waals surface area contributed by atoms with Gasteiger partial charge in [-0.2, -0.15) is 5.06 Å². The fourth-order valence-electron chi connectivity index (χ4n) is 2.50. The first-order chi connectivity index (χ1) is 12.0. The van der Waals surface area contributed by atoms with Gasteiger partial charge in [0.25, 0.3) is 5.91 Å². The molecule has 1 aromatic rings. The Labute approximate surface area is 146 Å². The number of carboxylic acid groups (broad SMARTS) is 1. The lowest BCUT2D eigenvalue weighted by atomic mass is 10.1. The van der Waals surface area contributed by atoms with E-state index >= 15 is 0 Å². The van der Waals surface area contributed by atoms with Gasteiger partial charge in [0.1, 0.15) is 0 Å². The van der Waals surface area contributed by atoms with Gasteiger partial charge in [0.15, 0.2) is 0 Å². The monoisotopic (exact) mass is 349 g/mol. The summed E-state index contributed by atoms with van der Waals surface area (Å²) in [6.07, 6.45) is 1.50. The van der Waals surface area contributed by atoms with Crippen molar-refractivity contribution in [3.63, 3.8) is 0 Å². The topological polar surface area (TPSA) is 108 Å². The number of nitrogens with one attached hydrogen (secondary N) is 2. The molecule has 0 unspecified atom stereocenters. The minimum atomic E-state index is -0.970. The molecular formula is C17H23N3O5. The molecule has 2 amide bonds. The number of carbonyl (C=O) groups excluding carboxylic acids is 2. The zero-order valence-electron chi connectivity index (χ0n) is 14.2. The molecule has 0 saturated carbocycles. The van der Waals surface area contributed by atoms with Crippen molar-refractivity contribution in [2.75, 3.05) is 24.7 Å². The average molecular weight is 349 g/mol. The van der Waals surface area contributed by atoms with E-state index in [0.29, 0.717) is 11.3 Å². The van der Waals surface area contributed by atoms with Crippen molar-refractivity contribution >= 4 is 23.5 Å². The van der Waals surface area contributed by atoms with Gasteiger partial charge in [-0.3, -0.25) is 19.2 Å². The third kappa shape index (κ3) is 5.84. The Balaban J connectivity index is 1.98. The van der Waals surface area contributed by atoms with E-state index in [1.807, 2.05) is 0 Å². The average Bonchev–Trinajstić information content (AvgIpc) is 2.60. The van der Waals surface area contributed by atoms with Gasteiger partial charge in [-0.05, 0) is 50.2 Å². The van der Waals surface area contributed by atoms with E-state index < -0.39 is 5.97 Å². The summed E-state index contributed by atoms with van der Waals surface area (Å²) < 4.78 is 0. The maximum atomic E-state index is 11.9. The molecule has 25 heavy (non-hydrogen) atoms. The van der Waals surface area contributed by atoms with E-state index in [1.54, 1.807) is 24.3 Å². The normalized spacial score (nSPS) is 14.8. The standard InChI is InChI=1S/C17H23N3O5/c1-12(21)20(25-15-6-9-18-10-7-15)14-4-2-13(3-5-14)17(24)19-11-8-16(22)23/h2-5,15,18H,6-11H2,1H3,(H,19,24)(H,22,23). The number of carbonyl (C=O) groups is 3. The molecule has 136 valence electrons. The zero-order valence-corrected chi connectivity index (χ0v) is 14.2. The van der Waals surface area contributed by atoms with Gasteiger partial charge in [-0.1, -0.05) is 0 Å². The van der Waals surface area contributed by atoms with E-state index in [-0.39, 0.29) is 30.9 Å². The number of hydrogen-bond acceptors (Lipinski definition) is 5. The summed E-state index contributed by atoms with van der Waals surface area (Å²) in [6.45, 7) is 3.19. The highest BCUT2D eigenvalue weighted by Gasteiger charge is 2.21. The van der Waals surface area contributed by atoms with Crippen LogP contribution in [0.15, 0.2) is 24.3 Å². The lowest BCUT2D eigenvalue weighted by Crippen LogP contribution is -2.39. The second-order valence-corrected chi connectivity index (χ2v) is 5.81. The molecule has 0 bridgehead atoms. The Hall–Kier alpha value is -2.45. The molecule has 8 nitrogen and oxygen atoms in total. The number of nitrogens with zero attached hydrogens (tertiary/aromatic N) is 1. The molecule has 0 radical (unpaired) electrons. The number of anilines is 1. The third-order valence-corrected chi connectivity index (χ3v) is 3.82. The predicted octanol–water partition coefficient (Wildman–Crippen LogP) is 0.928. The molecule has 8 heteroatoms. The maximum absolute atomic E-state index is 11.9. The number of amides is 2. The summed E-state index contributed by atoms with van der Waals surface area (Å²) >= 11 is 0. The van der Waals surface area contributed by atoms with E-state index in [1.165, 1.54) is 12.0 Å². The number of aliphatic carboxylic acids is 1. The molecule has 2 rings (SSSR count). The zero-order chi connectivity index (χ0) is 18.2. The maximum Gasteiger partial charge on any atom is 0.305 e. The minimum absolute atomic E-state index is 0.0239. The second-order valence-electron chi connectivity index (χ2n) is 5.81. The van der Waals surface area contributed by atoms with Gasteiger partial charge in [0.2, 0.25) is 5.91 Å². The van der Waals surface area contributed by atoms with Crippen LogP contribution in [-0.4, -0.2) is 48.6 Å². The molecule has 0 spiro atoms. The lowest BCUT2D eigenvalue weighted by Gasteiger charge is -2.29. The fraction of sp³-hybridized carbons (Fsp3) is 0.471. The first-order valence-electron chi connectivity index (χ1n) is 8.25. The SMILES string of the molecule is CC(=O)N(OC1CCNCC1)c1ccc(C(=O)NCCC(=O)O)cc1. The van der Waals surface area contributed by atoms with E-state index in [9.17, 15) is 14.4 Å². The molecule has 1 fully saturated rings. The highest BCUT2D eigenvalue weighted by molar-refractivity contribution is 5.95. The molecule has 0 atom stereocenters. The Morgan fingerprint density at radius 2 is 1.88 bits per heavy atom. The van der Waals surface area contributed by atoms with Gasteiger partial charge in [-0.25, -0.2) is 0 Å². The van der Waals surface area contributed by atoms with Gasteiger partial charge < -0.3 is 15.7 Å². The lowest BCUT2D eigenvalue weighted by molar-refractivity contribution is -0.136. The van der Waals surface area contributed by atoms with Crippen molar-refractivity contribution in [1.29, 1.82) is 0 Å². The van der Waals surface area contributed by atoms with Crippen LogP contribution in [0.1, 0.15) is 36.5 Å². The van der Waals surface area contributed by atoms with Crippen LogP contribution >= 0.6 is 0 Å². The first-order valence-corrected chi connectivity index (χ1v) is 8.25. The van der Waals surface area contributed by atoms with E-state index in [0.717, 1.165) is 25.9 Å². The molecule has 1 heterocycles. The molecule has 1 saturated heterocycles. The minimum Gasteiger partial charge on any atom is -0.481 e. The van der Waals surface area contributed by atoms with Crippen LogP contribution in [0.25, 0.3) is 0 Å². The molecule has 1 aromatic carbocycles. The van der Waals surface area contributed by atoms with Crippen LogP contribution < -0.4 is 15.7 Å². The summed E-state index contributed by atoms with van der Waals surface area (Å²) in [4.78, 5) is 40.1. The number of benzene rings is 1. The van der Waals surface area contributed by atoms with Crippen molar-refractivity contribution in [2.24, 2.45) is 0 Å². The van der Waals surface area contributed by atoms with Crippen molar-refractivity contribution in [1.82, 2.24) is 10.6 Å². The summed E-state index contributed by atoms with van der Waals surface area (Å²) in [6, 6.07) is 6.42. The largest absolute Gasteiger partial charge is 0.481 e. The molecule has 0 aromatic heterocycles. The number of piperidine rings is 1. The molecule has 3 N–H and O–H groups in total. The first kappa shape index (κ1) is 18.9. The van der Waals surface area contributed by atoms with Crippen LogP contribution in [0.5, 0.6) is 0 Å². The van der Waals surface area contributed by atoms with Gasteiger partial charge in [0.05, 0.1) is 18.2 Å². The molecular weight excluding hydrogens is 326 g/mol. The molecule has 1 aliphatic rings. The highest BCUT2D eigenvalue weighted by Crippen LogP contribution is 2.20. The van der Waals surface area contributed by atoms with Gasteiger partial charge in [0, 0.05) is 19.0 Å². The van der Waals surface area contributed by atoms with E-state index in [2.05, 4.69) is 10.6 Å².